The molecule has 1 atom stereocenters. The van der Waals surface area contributed by atoms with Gasteiger partial charge in [0.25, 0.3) is 0 Å². The lowest BCUT2D eigenvalue weighted by Crippen LogP contribution is -2.28. The fourth-order valence-corrected chi connectivity index (χ4v) is 3.11. The first-order valence-corrected chi connectivity index (χ1v) is 8.97. The van der Waals surface area contributed by atoms with E-state index >= 15 is 0 Å². The molecule has 1 aliphatic rings. The number of aliphatic imine (C=N–C) groups is 1. The number of nitrogens with zero attached hydrogens (tertiary/aromatic N) is 1. The van der Waals surface area contributed by atoms with Crippen LogP contribution in [0.3, 0.4) is 0 Å². The minimum Gasteiger partial charge on any atom is -0.493 e. The Kier molecular flexibility index (Phi) is 7.10. The molecule has 27 heavy (non-hydrogen) atoms. The van der Waals surface area contributed by atoms with Crippen molar-refractivity contribution in [3.8, 4) is 17.2 Å². The minimum absolute atomic E-state index is 0.0114. The van der Waals surface area contributed by atoms with Gasteiger partial charge < -0.3 is 24.8 Å². The molecule has 0 amide bonds. The van der Waals surface area contributed by atoms with Gasteiger partial charge in [-0.05, 0) is 17.7 Å². The van der Waals surface area contributed by atoms with E-state index in [0.29, 0.717) is 36.0 Å². The predicted molar refractivity (Wildman–Crippen MR) is 106 cm³/mol. The lowest BCUT2D eigenvalue weighted by molar-refractivity contribution is -0.124. The van der Waals surface area contributed by atoms with Crippen LogP contribution in [0.4, 0.5) is 0 Å². The predicted octanol–water partition coefficient (Wildman–Crippen LogP) is 2.16. The molecule has 2 rings (SSSR count). The zero-order valence-corrected chi connectivity index (χ0v) is 16.9. The summed E-state index contributed by atoms with van der Waals surface area (Å²) in [6, 6.07) is 3.79. The first-order valence-electron chi connectivity index (χ1n) is 8.97. The van der Waals surface area contributed by atoms with Gasteiger partial charge in [-0.15, -0.1) is 0 Å². The van der Waals surface area contributed by atoms with E-state index in [1.807, 2.05) is 39.2 Å². The lowest BCUT2D eigenvalue weighted by Gasteiger charge is -2.14. The van der Waals surface area contributed by atoms with Crippen molar-refractivity contribution in [2.75, 3.05) is 34.9 Å². The number of hydrogen-bond acceptors (Lipinski definition) is 7. The summed E-state index contributed by atoms with van der Waals surface area (Å²) >= 11 is 0. The Labute approximate surface area is 160 Å². The SMILES string of the molecule is CNC1=C(N=CCc2cc(OC)c(OC)c(OC)c2)NCC1C(=O)C(C)C. The molecule has 0 fully saturated rings. The van der Waals surface area contributed by atoms with Gasteiger partial charge in [-0.1, -0.05) is 13.8 Å². The van der Waals surface area contributed by atoms with Crippen LogP contribution in [0.15, 0.2) is 28.6 Å². The van der Waals surface area contributed by atoms with E-state index in [9.17, 15) is 4.79 Å². The van der Waals surface area contributed by atoms with Crippen LogP contribution < -0.4 is 24.8 Å². The van der Waals surface area contributed by atoms with Crippen LogP contribution in [0.5, 0.6) is 17.2 Å². The van der Waals surface area contributed by atoms with Crippen molar-refractivity contribution in [3.05, 3.63) is 29.2 Å². The Hall–Kier alpha value is -2.70. The maximum atomic E-state index is 12.4. The molecule has 1 aromatic carbocycles. The maximum Gasteiger partial charge on any atom is 0.203 e. The van der Waals surface area contributed by atoms with Crippen molar-refractivity contribution in [3.63, 3.8) is 0 Å². The average Bonchev–Trinajstić information content (AvgIpc) is 3.08. The molecule has 0 radical (unpaired) electrons. The first kappa shape index (κ1) is 20.6. The van der Waals surface area contributed by atoms with Gasteiger partial charge in [0, 0.05) is 32.1 Å². The molecular formula is C20H29N3O4. The first-order chi connectivity index (χ1) is 13.0. The van der Waals surface area contributed by atoms with Crippen LogP contribution in [-0.2, 0) is 11.2 Å². The van der Waals surface area contributed by atoms with E-state index in [-0.39, 0.29) is 17.6 Å². The summed E-state index contributed by atoms with van der Waals surface area (Å²) < 4.78 is 16.1. The number of carbonyl (C=O) groups excluding carboxylic acids is 1. The molecule has 2 N–H and O–H groups in total. The van der Waals surface area contributed by atoms with Crippen LogP contribution in [-0.4, -0.2) is 46.9 Å². The van der Waals surface area contributed by atoms with E-state index in [2.05, 4.69) is 15.6 Å². The summed E-state index contributed by atoms with van der Waals surface area (Å²) in [5.74, 6) is 2.51. The van der Waals surface area contributed by atoms with Crippen LogP contribution in [0.1, 0.15) is 19.4 Å². The summed E-state index contributed by atoms with van der Waals surface area (Å²) in [5, 5.41) is 6.35. The van der Waals surface area contributed by atoms with Crippen molar-refractivity contribution < 1.29 is 19.0 Å². The number of hydrogen-bond donors (Lipinski definition) is 2. The second kappa shape index (κ2) is 9.30. The van der Waals surface area contributed by atoms with E-state index in [0.717, 1.165) is 11.3 Å². The summed E-state index contributed by atoms with van der Waals surface area (Å²) in [6.07, 6.45) is 2.39. The molecule has 7 heteroatoms. The van der Waals surface area contributed by atoms with Gasteiger partial charge in [0.1, 0.15) is 11.6 Å². The molecular weight excluding hydrogens is 346 g/mol. The van der Waals surface area contributed by atoms with E-state index < -0.39 is 0 Å². The molecule has 0 saturated carbocycles. The number of benzene rings is 1. The highest BCUT2D eigenvalue weighted by molar-refractivity contribution is 5.86. The molecule has 7 nitrogen and oxygen atoms in total. The van der Waals surface area contributed by atoms with Crippen LogP contribution >= 0.6 is 0 Å². The van der Waals surface area contributed by atoms with E-state index in [4.69, 9.17) is 14.2 Å². The molecule has 1 aliphatic heterocycles. The fourth-order valence-electron chi connectivity index (χ4n) is 3.11. The van der Waals surface area contributed by atoms with Crippen LogP contribution in [0.25, 0.3) is 0 Å². The molecule has 1 heterocycles. The monoisotopic (exact) mass is 375 g/mol. The highest BCUT2D eigenvalue weighted by Crippen LogP contribution is 2.38. The number of Topliss-reactive ketones (excluding diaryl/α,β-unsaturated/α-hetero) is 1. The third-order valence-electron chi connectivity index (χ3n) is 4.53. The van der Waals surface area contributed by atoms with Gasteiger partial charge >= 0.3 is 0 Å². The van der Waals surface area contributed by atoms with Crippen molar-refractivity contribution in [2.24, 2.45) is 16.8 Å². The number of ether oxygens (including phenoxy) is 3. The van der Waals surface area contributed by atoms with Gasteiger partial charge in [0.05, 0.1) is 32.9 Å². The largest absolute Gasteiger partial charge is 0.493 e. The Balaban J connectivity index is 2.19. The van der Waals surface area contributed by atoms with Crippen molar-refractivity contribution in [2.45, 2.75) is 20.3 Å². The van der Waals surface area contributed by atoms with Crippen LogP contribution in [0.2, 0.25) is 0 Å². The zero-order valence-electron chi connectivity index (χ0n) is 16.9. The highest BCUT2D eigenvalue weighted by atomic mass is 16.5. The summed E-state index contributed by atoms with van der Waals surface area (Å²) in [7, 11) is 6.58. The van der Waals surface area contributed by atoms with Gasteiger partial charge in [0.2, 0.25) is 5.75 Å². The standard InChI is InChI=1S/C20H29N3O4/c1-12(2)18(24)14-11-23-20(17(14)21-3)22-8-7-13-9-15(25-4)19(27-6)16(10-13)26-5/h8-10,12,14,21,23H,7,11H2,1-6H3. The molecule has 0 bridgehead atoms. The normalized spacial score (nSPS) is 16.6. The van der Waals surface area contributed by atoms with Gasteiger partial charge in [0.15, 0.2) is 11.5 Å². The molecule has 1 aromatic rings. The Morgan fingerprint density at radius 1 is 1.26 bits per heavy atom. The number of carbonyl (C=O) groups is 1. The van der Waals surface area contributed by atoms with Crippen molar-refractivity contribution in [1.29, 1.82) is 0 Å². The minimum atomic E-state index is -0.177. The summed E-state index contributed by atoms with van der Waals surface area (Å²) in [6.45, 7) is 4.41. The van der Waals surface area contributed by atoms with Crippen molar-refractivity contribution >= 4 is 12.0 Å². The van der Waals surface area contributed by atoms with Crippen LogP contribution in [0, 0.1) is 11.8 Å². The second-order valence-corrected chi connectivity index (χ2v) is 6.55. The van der Waals surface area contributed by atoms with E-state index in [1.54, 1.807) is 21.3 Å². The molecule has 0 spiro atoms. The highest BCUT2D eigenvalue weighted by Gasteiger charge is 2.31. The van der Waals surface area contributed by atoms with Crippen molar-refractivity contribution in [1.82, 2.24) is 10.6 Å². The summed E-state index contributed by atoms with van der Waals surface area (Å²) in [4.78, 5) is 16.9. The maximum absolute atomic E-state index is 12.4. The van der Waals surface area contributed by atoms with Gasteiger partial charge in [-0.2, -0.15) is 0 Å². The molecule has 1 unspecified atom stereocenters. The Bertz CT molecular complexity index is 716. The molecule has 0 aliphatic carbocycles. The van der Waals surface area contributed by atoms with Gasteiger partial charge in [-0.3, -0.25) is 4.79 Å². The molecule has 0 saturated heterocycles. The third-order valence-corrected chi connectivity index (χ3v) is 4.53. The molecule has 148 valence electrons. The smallest absolute Gasteiger partial charge is 0.203 e. The molecule has 0 aromatic heterocycles. The number of nitrogens with one attached hydrogen (secondary N) is 2. The quantitative estimate of drug-likeness (QED) is 0.644. The average molecular weight is 375 g/mol. The van der Waals surface area contributed by atoms with Gasteiger partial charge in [-0.25, -0.2) is 4.99 Å². The zero-order chi connectivity index (χ0) is 20.0. The topological polar surface area (TPSA) is 81.2 Å². The Morgan fingerprint density at radius 3 is 2.37 bits per heavy atom. The lowest BCUT2D eigenvalue weighted by atomic mass is 9.94. The second-order valence-electron chi connectivity index (χ2n) is 6.55. The number of rotatable bonds is 9. The fraction of sp³-hybridized carbons (Fsp3) is 0.500. The Morgan fingerprint density at radius 2 is 1.89 bits per heavy atom. The number of ketones is 1. The third kappa shape index (κ3) is 4.53. The summed E-state index contributed by atoms with van der Waals surface area (Å²) in [5.41, 5.74) is 1.82. The number of methoxy groups -OCH3 is 3. The van der Waals surface area contributed by atoms with E-state index in [1.165, 1.54) is 0 Å².